The topological polar surface area (TPSA) is 468 Å². The van der Waals surface area contributed by atoms with E-state index in [-0.39, 0.29) is 154 Å². The Bertz CT molecular complexity index is 2580. The van der Waals surface area contributed by atoms with E-state index < -0.39 is 115 Å². The molecule has 38 heteroatoms. The molecule has 8 N–H and O–H groups in total. The van der Waals surface area contributed by atoms with Crippen LogP contribution in [0, 0.1) is 0 Å². The number of nitrogens with one attached hydrogen (secondary N) is 2. The van der Waals surface area contributed by atoms with Crippen molar-refractivity contribution in [1.29, 1.82) is 0 Å². The van der Waals surface area contributed by atoms with Gasteiger partial charge in [-0.1, -0.05) is 10.3 Å². The van der Waals surface area contributed by atoms with Crippen molar-refractivity contribution in [3.05, 3.63) is 22.1 Å². The molecule has 0 unspecified atom stereocenters. The number of β-lactam (4-membered cyclic amide) rings is 2. The van der Waals surface area contributed by atoms with Crippen LogP contribution in [0.25, 0.3) is 0 Å². The van der Waals surface area contributed by atoms with Crippen molar-refractivity contribution >= 4 is 113 Å². The van der Waals surface area contributed by atoms with E-state index in [2.05, 4.69) is 30.9 Å². The fourth-order valence-corrected chi connectivity index (χ4v) is 9.53. The maximum Gasteiger partial charge on any atom is 1.00 e. The quantitative estimate of drug-likeness (QED) is 0.0265. The van der Waals surface area contributed by atoms with Gasteiger partial charge in [-0.05, 0) is 25.7 Å². The van der Waals surface area contributed by atoms with Crippen molar-refractivity contribution in [2.45, 2.75) is 61.1 Å². The first-order valence-corrected chi connectivity index (χ1v) is 23.9. The summed E-state index contributed by atoms with van der Waals surface area (Å²) in [6.07, 6.45) is -1.11. The van der Waals surface area contributed by atoms with E-state index in [4.69, 9.17) is 30.6 Å². The molecule has 0 bridgehead atoms. The van der Waals surface area contributed by atoms with Crippen molar-refractivity contribution < 1.29 is 153 Å². The van der Waals surface area contributed by atoms with Crippen molar-refractivity contribution in [2.75, 3.05) is 50.9 Å². The summed E-state index contributed by atoms with van der Waals surface area (Å²) in [7, 11) is -9.99. The van der Waals surface area contributed by atoms with Crippen LogP contribution in [0.5, 0.6) is 0 Å². The summed E-state index contributed by atoms with van der Waals surface area (Å²) in [6, 6.07) is -5.67. The summed E-state index contributed by atoms with van der Waals surface area (Å²) >= 11 is 1.89. The number of amides is 6. The van der Waals surface area contributed by atoms with E-state index >= 15 is 0 Å². The molecule has 8 rings (SSSR count). The van der Waals surface area contributed by atoms with Crippen LogP contribution in [-0.2, 0) is 68.5 Å². The Labute approximate surface area is 445 Å². The van der Waals surface area contributed by atoms with Crippen LogP contribution in [0.1, 0.15) is 37.1 Å². The largest absolute Gasteiger partial charge is 1.00 e. The van der Waals surface area contributed by atoms with Crippen LogP contribution in [0.4, 0.5) is 19.9 Å². The Hall–Kier alpha value is -5.02. The van der Waals surface area contributed by atoms with Crippen LogP contribution in [0.15, 0.2) is 21.1 Å². The summed E-state index contributed by atoms with van der Waals surface area (Å²) in [4.78, 5) is 117. The van der Waals surface area contributed by atoms with Gasteiger partial charge in [0, 0.05) is 23.8 Å². The van der Waals surface area contributed by atoms with Gasteiger partial charge in [-0.3, -0.25) is 28.3 Å². The zero-order chi connectivity index (χ0) is 49.7. The number of carbonyl (C=O) groups excluding carboxylic acids is 8. The standard InChI is InChI=1S/2C16H18N6O10S2.2Na/c2*17-14-18-7(6-33-14)9(20-32-16(1-2-16)13(25)26)11(23)19-10-8(5-21-3-4-31-15(21)27)22(12(10)24)34(28,29)30;;/h2*6,8,10H,1-5H2,(H2,17,18)(H,19,23)(H,25,26)(H,28,29,30);;/q;;2*+1/p-2/b2*20-9-;;/t2*8-,10+;;/m11../s1. The number of cyclic esters (lactones) is 2. The number of carbonyl (C=O) groups is 8. The fourth-order valence-electron chi connectivity index (χ4n) is 6.70. The predicted molar refractivity (Wildman–Crippen MR) is 216 cm³/mol. The van der Waals surface area contributed by atoms with E-state index in [9.17, 15) is 74.5 Å². The second-order valence-corrected chi connectivity index (χ2v) is 19.5. The molecule has 6 amide bonds. The smallest absolute Gasteiger partial charge is 0.546 e. The van der Waals surface area contributed by atoms with E-state index in [0.29, 0.717) is 0 Å². The Morgan fingerprint density at radius 3 is 1.30 bits per heavy atom. The van der Waals surface area contributed by atoms with Crippen molar-refractivity contribution in [3.8, 4) is 0 Å². The van der Waals surface area contributed by atoms with Gasteiger partial charge in [0.05, 0.1) is 37.1 Å². The van der Waals surface area contributed by atoms with Gasteiger partial charge in [0.2, 0.25) is 0 Å². The first kappa shape index (κ1) is 55.9. The first-order chi connectivity index (χ1) is 31.9. The number of hydrogen-bond acceptors (Lipinski definition) is 26. The zero-order valence-corrected chi connectivity index (χ0v) is 43.4. The molecule has 2 saturated carbocycles. The summed E-state index contributed by atoms with van der Waals surface area (Å²) in [5.41, 5.74) is 6.54. The van der Waals surface area contributed by atoms with Crippen LogP contribution in [-0.4, -0.2) is 188 Å². The SMILES string of the molecule is Nc1nc(/C(=N/OC2(C(=O)[O-])CC2)C(=O)N[C@@H]2C(=O)N(S(=O)(=O)O)[C@@H]2CN2CCOC2=O)cs1.Nc1nc(/C(=N/OC2(C(=O)[O-])CC2)C(=O)N[C@@H]2C(=O)N(S(=O)(=O)O)[C@@H]2CN2CCOC2=O)cs1.[Na+].[Na+]. The molecule has 4 atom stereocenters. The average Bonchev–Trinajstić information content (AvgIpc) is 3.99. The second kappa shape index (κ2) is 21.4. The summed E-state index contributed by atoms with van der Waals surface area (Å²) in [5.74, 6) is -7.52. The van der Waals surface area contributed by atoms with Crippen molar-refractivity contribution in [3.63, 3.8) is 0 Å². The number of carboxylic acids is 2. The number of thiazole rings is 2. The summed E-state index contributed by atoms with van der Waals surface area (Å²) in [6.45, 7) is -0.434. The number of nitrogens with zero attached hydrogens (tertiary/aromatic N) is 8. The van der Waals surface area contributed by atoms with Crippen LogP contribution in [0.3, 0.4) is 0 Å². The van der Waals surface area contributed by atoms with Gasteiger partial charge in [-0.15, -0.1) is 22.7 Å². The number of carboxylic acid groups (broad SMARTS) is 2. The minimum absolute atomic E-state index is 0. The third-order valence-electron chi connectivity index (χ3n) is 10.6. The van der Waals surface area contributed by atoms with E-state index in [0.717, 1.165) is 32.5 Å². The molecule has 6 heterocycles. The van der Waals surface area contributed by atoms with Gasteiger partial charge in [0.25, 0.3) is 23.6 Å². The average molecular weight is 1080 g/mol. The molecule has 0 spiro atoms. The fraction of sp³-hybridized carbons (Fsp3) is 0.500. The van der Waals surface area contributed by atoms with E-state index in [1.165, 1.54) is 10.8 Å². The molecule has 2 aliphatic carbocycles. The first-order valence-electron chi connectivity index (χ1n) is 19.3. The number of aromatic nitrogens is 2. The number of nitrogens with two attached hydrogens (primary N) is 2. The molecule has 4 saturated heterocycles. The molecule has 6 fully saturated rings. The third kappa shape index (κ3) is 11.8. The molecule has 0 aromatic carbocycles. The normalized spacial score (nSPS) is 23.2. The number of ether oxygens (including phenoxy) is 2. The monoisotopic (exact) mass is 1080 g/mol. The molecule has 368 valence electrons. The molecular weight excluding hydrogens is 1050 g/mol. The molecular formula is C32H34N12Na2O20S4. The van der Waals surface area contributed by atoms with E-state index in [1.54, 1.807) is 0 Å². The molecule has 4 aliphatic heterocycles. The number of hydrogen-bond donors (Lipinski definition) is 6. The number of aliphatic carboxylic acids is 2. The molecule has 70 heavy (non-hydrogen) atoms. The number of rotatable bonds is 18. The number of anilines is 2. The summed E-state index contributed by atoms with van der Waals surface area (Å²) in [5, 5.41) is 37.0. The van der Waals surface area contributed by atoms with Gasteiger partial charge < -0.3 is 70.9 Å². The predicted octanol–water partition coefficient (Wildman–Crippen LogP) is -12.6. The zero-order valence-electron chi connectivity index (χ0n) is 36.1. The minimum atomic E-state index is -4.99. The van der Waals surface area contributed by atoms with Crippen molar-refractivity contribution in [1.82, 2.24) is 39.0 Å². The third-order valence-corrected chi connectivity index (χ3v) is 13.9. The minimum Gasteiger partial charge on any atom is -0.546 e. The molecule has 0 radical (unpaired) electrons. The van der Waals surface area contributed by atoms with Gasteiger partial charge in [-0.2, -0.15) is 16.8 Å². The summed E-state index contributed by atoms with van der Waals surface area (Å²) < 4.78 is 75.2. The van der Waals surface area contributed by atoms with Gasteiger partial charge in [0.15, 0.2) is 32.9 Å². The van der Waals surface area contributed by atoms with Crippen LogP contribution < -0.4 is 91.4 Å². The Balaban J connectivity index is 0.000000254. The molecule has 2 aromatic rings. The number of nitrogen functional groups attached to an aromatic ring is 2. The van der Waals surface area contributed by atoms with Crippen LogP contribution >= 0.6 is 22.7 Å². The maximum atomic E-state index is 13.0. The van der Waals surface area contributed by atoms with Gasteiger partial charge in [-0.25, -0.2) is 28.2 Å². The molecule has 2 aromatic heterocycles. The Morgan fingerprint density at radius 1 is 0.714 bits per heavy atom. The second-order valence-electron chi connectivity index (χ2n) is 15.1. The number of oxime groups is 2. The Kier molecular flexibility index (Phi) is 17.1. The van der Waals surface area contributed by atoms with Crippen molar-refractivity contribution in [2.24, 2.45) is 10.3 Å². The maximum absolute atomic E-state index is 13.0. The van der Waals surface area contributed by atoms with Gasteiger partial charge >= 0.3 is 91.9 Å². The molecule has 32 nitrogen and oxygen atoms in total. The van der Waals surface area contributed by atoms with E-state index in [1.807, 2.05) is 0 Å². The van der Waals surface area contributed by atoms with Gasteiger partial charge in [0.1, 0.15) is 36.7 Å². The molecule has 6 aliphatic rings. The Morgan fingerprint density at radius 2 is 1.06 bits per heavy atom. The van der Waals surface area contributed by atoms with Crippen LogP contribution in [0.2, 0.25) is 0 Å².